The van der Waals surface area contributed by atoms with Crippen molar-refractivity contribution in [3.8, 4) is 0 Å². The maximum absolute atomic E-state index is 11.2. The number of carboxylic acid groups (broad SMARTS) is 1. The molecule has 0 bridgehead atoms. The molecule has 0 aromatic heterocycles. The number of likely N-dealkylation sites (tertiary alicyclic amines) is 1. The predicted octanol–water partition coefficient (Wildman–Crippen LogP) is 1.31. The van der Waals surface area contributed by atoms with Gasteiger partial charge in [-0.3, -0.25) is 4.79 Å². The monoisotopic (exact) mass is 171 g/mol. The number of carbonyl (C=O) groups excluding carboxylic acids is 1. The van der Waals surface area contributed by atoms with E-state index in [1.54, 1.807) is 0 Å². The lowest BCUT2D eigenvalue weighted by Crippen LogP contribution is -2.41. The summed E-state index contributed by atoms with van der Waals surface area (Å²) in [6, 6.07) is 0. The number of imide groups is 1. The molecule has 4 nitrogen and oxygen atoms in total. The summed E-state index contributed by atoms with van der Waals surface area (Å²) in [5, 5.41) is 8.57. The standard InChI is InChI=1S/C8H13NO3/c1-2-6-3-4-9(8(11)12)7(10)5-6/h6H,2-5H2,1H3,(H,11,12). The minimum atomic E-state index is -1.12. The van der Waals surface area contributed by atoms with Crippen molar-refractivity contribution in [1.82, 2.24) is 4.90 Å². The van der Waals surface area contributed by atoms with Crippen molar-refractivity contribution < 1.29 is 14.7 Å². The van der Waals surface area contributed by atoms with Gasteiger partial charge in [0.1, 0.15) is 0 Å². The van der Waals surface area contributed by atoms with Crippen LogP contribution < -0.4 is 0 Å². The third kappa shape index (κ3) is 1.75. The Labute approximate surface area is 71.2 Å². The van der Waals surface area contributed by atoms with Crippen LogP contribution in [0.2, 0.25) is 0 Å². The molecule has 1 heterocycles. The van der Waals surface area contributed by atoms with E-state index in [1.165, 1.54) is 0 Å². The maximum atomic E-state index is 11.2. The SMILES string of the molecule is CCC1CCN(C(=O)O)C(=O)C1. The van der Waals surface area contributed by atoms with E-state index in [2.05, 4.69) is 0 Å². The number of carbonyl (C=O) groups is 2. The summed E-state index contributed by atoms with van der Waals surface area (Å²) in [7, 11) is 0. The Kier molecular flexibility index (Phi) is 2.68. The second kappa shape index (κ2) is 3.56. The Bertz CT molecular complexity index is 202. The van der Waals surface area contributed by atoms with Crippen molar-refractivity contribution in [2.24, 2.45) is 5.92 Å². The molecule has 0 aromatic rings. The summed E-state index contributed by atoms with van der Waals surface area (Å²) in [4.78, 5) is 22.5. The highest BCUT2D eigenvalue weighted by molar-refractivity contribution is 5.91. The molecular formula is C8H13NO3. The molecule has 1 aliphatic heterocycles. The van der Waals surface area contributed by atoms with Gasteiger partial charge in [-0.05, 0) is 12.3 Å². The van der Waals surface area contributed by atoms with E-state index in [4.69, 9.17) is 5.11 Å². The number of nitrogens with zero attached hydrogens (tertiary/aromatic N) is 1. The molecule has 0 aromatic carbocycles. The van der Waals surface area contributed by atoms with Crippen LogP contribution in [0.4, 0.5) is 4.79 Å². The number of hydrogen-bond acceptors (Lipinski definition) is 2. The van der Waals surface area contributed by atoms with Crippen LogP contribution in [0.5, 0.6) is 0 Å². The van der Waals surface area contributed by atoms with Crippen molar-refractivity contribution in [3.05, 3.63) is 0 Å². The molecule has 1 saturated heterocycles. The highest BCUT2D eigenvalue weighted by atomic mass is 16.4. The van der Waals surface area contributed by atoms with E-state index in [0.717, 1.165) is 17.7 Å². The lowest BCUT2D eigenvalue weighted by atomic mass is 9.94. The quantitative estimate of drug-likeness (QED) is 0.647. The topological polar surface area (TPSA) is 57.6 Å². The fraction of sp³-hybridized carbons (Fsp3) is 0.750. The number of amides is 2. The van der Waals surface area contributed by atoms with E-state index in [-0.39, 0.29) is 5.91 Å². The van der Waals surface area contributed by atoms with E-state index in [1.807, 2.05) is 6.92 Å². The maximum Gasteiger partial charge on any atom is 0.414 e. The zero-order chi connectivity index (χ0) is 9.14. The van der Waals surface area contributed by atoms with Crippen molar-refractivity contribution in [1.29, 1.82) is 0 Å². The van der Waals surface area contributed by atoms with Crippen molar-refractivity contribution in [3.63, 3.8) is 0 Å². The lowest BCUT2D eigenvalue weighted by molar-refractivity contribution is -0.132. The highest BCUT2D eigenvalue weighted by Crippen LogP contribution is 2.20. The molecule has 1 atom stereocenters. The molecule has 0 radical (unpaired) electrons. The fourth-order valence-electron chi connectivity index (χ4n) is 1.45. The normalized spacial score (nSPS) is 24.2. The van der Waals surface area contributed by atoms with Crippen LogP contribution in [-0.2, 0) is 4.79 Å². The molecular weight excluding hydrogens is 158 g/mol. The Hall–Kier alpha value is -1.06. The first kappa shape index (κ1) is 9.03. The summed E-state index contributed by atoms with van der Waals surface area (Å²) < 4.78 is 0. The van der Waals surface area contributed by atoms with Crippen LogP contribution in [0.1, 0.15) is 26.2 Å². The number of hydrogen-bond donors (Lipinski definition) is 1. The molecule has 1 unspecified atom stereocenters. The van der Waals surface area contributed by atoms with Crippen LogP contribution in [0.3, 0.4) is 0 Å². The highest BCUT2D eigenvalue weighted by Gasteiger charge is 2.28. The van der Waals surface area contributed by atoms with Crippen LogP contribution in [-0.4, -0.2) is 28.6 Å². The van der Waals surface area contributed by atoms with Gasteiger partial charge >= 0.3 is 6.09 Å². The van der Waals surface area contributed by atoms with Gasteiger partial charge in [0, 0.05) is 13.0 Å². The second-order valence-electron chi connectivity index (χ2n) is 3.10. The molecule has 0 saturated carbocycles. The van der Waals surface area contributed by atoms with E-state index < -0.39 is 6.09 Å². The molecule has 1 fully saturated rings. The fourth-order valence-corrected chi connectivity index (χ4v) is 1.45. The third-order valence-electron chi connectivity index (χ3n) is 2.33. The van der Waals surface area contributed by atoms with Gasteiger partial charge in [0.2, 0.25) is 5.91 Å². The molecule has 1 aliphatic rings. The molecule has 2 amide bonds. The Morgan fingerprint density at radius 1 is 1.75 bits per heavy atom. The smallest absolute Gasteiger partial charge is 0.414 e. The molecule has 1 rings (SSSR count). The molecule has 4 heteroatoms. The van der Waals surface area contributed by atoms with Crippen molar-refractivity contribution >= 4 is 12.0 Å². The van der Waals surface area contributed by atoms with E-state index in [9.17, 15) is 9.59 Å². The average Bonchev–Trinajstić information content (AvgIpc) is 2.03. The molecule has 0 spiro atoms. The zero-order valence-corrected chi connectivity index (χ0v) is 7.12. The van der Waals surface area contributed by atoms with Crippen LogP contribution in [0.25, 0.3) is 0 Å². The number of piperidine rings is 1. The van der Waals surface area contributed by atoms with Gasteiger partial charge in [0.05, 0.1) is 0 Å². The summed E-state index contributed by atoms with van der Waals surface area (Å²) in [5.41, 5.74) is 0. The molecule has 12 heavy (non-hydrogen) atoms. The average molecular weight is 171 g/mol. The third-order valence-corrected chi connectivity index (χ3v) is 2.33. The van der Waals surface area contributed by atoms with E-state index in [0.29, 0.717) is 18.9 Å². The Balaban J connectivity index is 2.54. The van der Waals surface area contributed by atoms with Gasteiger partial charge in [-0.1, -0.05) is 13.3 Å². The van der Waals surface area contributed by atoms with Crippen LogP contribution in [0, 0.1) is 5.92 Å². The Morgan fingerprint density at radius 3 is 2.83 bits per heavy atom. The van der Waals surface area contributed by atoms with Gasteiger partial charge in [-0.15, -0.1) is 0 Å². The van der Waals surface area contributed by atoms with Crippen molar-refractivity contribution in [2.45, 2.75) is 26.2 Å². The van der Waals surface area contributed by atoms with Gasteiger partial charge < -0.3 is 5.11 Å². The molecule has 68 valence electrons. The Morgan fingerprint density at radius 2 is 2.42 bits per heavy atom. The summed E-state index contributed by atoms with van der Waals surface area (Å²) in [5.74, 6) is 0.133. The van der Waals surface area contributed by atoms with Crippen LogP contribution in [0.15, 0.2) is 0 Å². The second-order valence-corrected chi connectivity index (χ2v) is 3.10. The van der Waals surface area contributed by atoms with Gasteiger partial charge in [0.15, 0.2) is 0 Å². The minimum Gasteiger partial charge on any atom is -0.465 e. The first-order valence-electron chi connectivity index (χ1n) is 4.18. The largest absolute Gasteiger partial charge is 0.465 e. The predicted molar refractivity (Wildman–Crippen MR) is 42.8 cm³/mol. The summed E-state index contributed by atoms with van der Waals surface area (Å²) >= 11 is 0. The van der Waals surface area contributed by atoms with Crippen molar-refractivity contribution in [2.75, 3.05) is 6.54 Å². The minimum absolute atomic E-state index is 0.249. The lowest BCUT2D eigenvalue weighted by Gasteiger charge is -2.27. The van der Waals surface area contributed by atoms with Gasteiger partial charge in [-0.2, -0.15) is 0 Å². The van der Waals surface area contributed by atoms with Gasteiger partial charge in [-0.25, -0.2) is 9.69 Å². The summed E-state index contributed by atoms with van der Waals surface area (Å²) in [6.07, 6.45) is 1.05. The first-order chi connectivity index (χ1) is 5.65. The summed E-state index contributed by atoms with van der Waals surface area (Å²) in [6.45, 7) is 2.39. The van der Waals surface area contributed by atoms with E-state index >= 15 is 0 Å². The first-order valence-corrected chi connectivity index (χ1v) is 4.18. The zero-order valence-electron chi connectivity index (χ0n) is 7.12. The molecule has 1 N–H and O–H groups in total. The van der Waals surface area contributed by atoms with Gasteiger partial charge in [0.25, 0.3) is 0 Å². The molecule has 0 aliphatic carbocycles. The number of rotatable bonds is 1. The van der Waals surface area contributed by atoms with Crippen LogP contribution >= 0.6 is 0 Å².